The molecular formula is C6H11NaO7S. The van der Waals surface area contributed by atoms with Crippen molar-refractivity contribution in [3.8, 4) is 0 Å². The zero-order valence-electron chi connectivity index (χ0n) is 7.59. The summed E-state index contributed by atoms with van der Waals surface area (Å²) in [5.74, 6) is -2.14. The molecule has 84 valence electrons. The Labute approximate surface area is 109 Å². The Morgan fingerprint density at radius 1 is 1.27 bits per heavy atom. The number of hydrogen-bond donors (Lipinski definition) is 1. The maximum atomic E-state index is 10.8. The molecular weight excluding hydrogens is 239 g/mol. The van der Waals surface area contributed by atoms with Gasteiger partial charge in [-0.15, -0.1) is 0 Å². The quantitative estimate of drug-likeness (QED) is 0.361. The molecule has 0 bridgehead atoms. The third-order valence-corrected chi connectivity index (χ3v) is 2.48. The Kier molecular flexibility index (Phi) is 8.25. The summed E-state index contributed by atoms with van der Waals surface area (Å²) in [6.45, 7) is 0. The first-order valence-electron chi connectivity index (χ1n) is 3.44. The molecule has 1 atom stereocenters. The van der Waals surface area contributed by atoms with Crippen LogP contribution in [0.15, 0.2) is 0 Å². The third-order valence-electron chi connectivity index (χ3n) is 1.40. The number of carbonyl (C=O) groups is 2. The molecule has 7 nitrogen and oxygen atoms in total. The van der Waals surface area contributed by atoms with Crippen molar-refractivity contribution in [1.82, 2.24) is 0 Å². The Balaban J connectivity index is 0. The van der Waals surface area contributed by atoms with Crippen LogP contribution in [0, 0.1) is 0 Å². The molecule has 0 saturated heterocycles. The number of methoxy groups -OCH3 is 2. The fourth-order valence-corrected chi connectivity index (χ4v) is 1.36. The van der Waals surface area contributed by atoms with Gasteiger partial charge >= 0.3 is 41.5 Å². The van der Waals surface area contributed by atoms with Gasteiger partial charge in [-0.25, -0.2) is 0 Å². The summed E-state index contributed by atoms with van der Waals surface area (Å²) in [7, 11) is -2.69. The molecule has 1 N–H and O–H groups in total. The first-order chi connectivity index (χ1) is 6.32. The molecule has 0 heterocycles. The molecule has 0 aliphatic heterocycles. The first-order valence-corrected chi connectivity index (χ1v) is 4.94. The van der Waals surface area contributed by atoms with Gasteiger partial charge in [0.05, 0.1) is 20.6 Å². The topological polar surface area (TPSA) is 107 Å². The van der Waals surface area contributed by atoms with Crippen LogP contribution in [-0.2, 0) is 29.2 Å². The van der Waals surface area contributed by atoms with Crippen LogP contribution < -0.4 is 0 Å². The van der Waals surface area contributed by atoms with E-state index in [4.69, 9.17) is 4.55 Å². The van der Waals surface area contributed by atoms with E-state index >= 15 is 0 Å². The van der Waals surface area contributed by atoms with Crippen molar-refractivity contribution in [2.45, 2.75) is 11.7 Å². The van der Waals surface area contributed by atoms with Crippen LogP contribution in [-0.4, -0.2) is 73.9 Å². The second-order valence-corrected chi connectivity index (χ2v) is 3.91. The molecule has 15 heavy (non-hydrogen) atoms. The van der Waals surface area contributed by atoms with Crippen LogP contribution in [0.25, 0.3) is 0 Å². The molecule has 1 unspecified atom stereocenters. The average molecular weight is 250 g/mol. The van der Waals surface area contributed by atoms with Gasteiger partial charge in [0.2, 0.25) is 0 Å². The van der Waals surface area contributed by atoms with Crippen molar-refractivity contribution in [3.05, 3.63) is 0 Å². The van der Waals surface area contributed by atoms with E-state index in [1.807, 2.05) is 0 Å². The summed E-state index contributed by atoms with van der Waals surface area (Å²) in [5.41, 5.74) is 0. The van der Waals surface area contributed by atoms with Gasteiger partial charge in [-0.1, -0.05) is 0 Å². The fourth-order valence-electron chi connectivity index (χ4n) is 0.676. The van der Waals surface area contributed by atoms with Gasteiger partial charge in [0.25, 0.3) is 10.1 Å². The van der Waals surface area contributed by atoms with Gasteiger partial charge in [0.15, 0.2) is 5.25 Å². The first kappa shape index (κ1) is 17.3. The monoisotopic (exact) mass is 250 g/mol. The van der Waals surface area contributed by atoms with Gasteiger partial charge in [-0.05, 0) is 0 Å². The van der Waals surface area contributed by atoms with Crippen LogP contribution in [0.5, 0.6) is 0 Å². The number of esters is 2. The molecule has 0 saturated carbocycles. The van der Waals surface area contributed by atoms with Crippen molar-refractivity contribution < 1.29 is 32.0 Å². The Morgan fingerprint density at radius 2 is 1.73 bits per heavy atom. The molecule has 0 amide bonds. The predicted molar refractivity (Wildman–Crippen MR) is 51.1 cm³/mol. The average Bonchev–Trinajstić information content (AvgIpc) is 2.10. The van der Waals surface area contributed by atoms with Crippen LogP contribution in [0.2, 0.25) is 0 Å². The second-order valence-electron chi connectivity index (χ2n) is 2.31. The number of ether oxygens (including phenoxy) is 2. The van der Waals surface area contributed by atoms with Crippen LogP contribution in [0.1, 0.15) is 6.42 Å². The van der Waals surface area contributed by atoms with Crippen molar-refractivity contribution in [1.29, 1.82) is 0 Å². The van der Waals surface area contributed by atoms with E-state index in [1.54, 1.807) is 0 Å². The summed E-state index contributed by atoms with van der Waals surface area (Å²) in [6.07, 6.45) is -0.776. The maximum absolute atomic E-state index is 10.8. The van der Waals surface area contributed by atoms with Gasteiger partial charge in [0, 0.05) is 0 Å². The summed E-state index contributed by atoms with van der Waals surface area (Å²) in [5, 5.41) is -1.93. The van der Waals surface area contributed by atoms with E-state index in [0.29, 0.717) is 0 Å². The molecule has 0 aromatic rings. The molecule has 0 spiro atoms. The summed E-state index contributed by atoms with van der Waals surface area (Å²) in [6, 6.07) is 0. The molecule has 0 fully saturated rings. The summed E-state index contributed by atoms with van der Waals surface area (Å²) >= 11 is 0. The second kappa shape index (κ2) is 7.18. The van der Waals surface area contributed by atoms with E-state index < -0.39 is 33.7 Å². The zero-order valence-corrected chi connectivity index (χ0v) is 8.41. The number of hydrogen-bond acceptors (Lipinski definition) is 6. The standard InChI is InChI=1S/C6H10O7S.Na.H/c1-12-5(7)3-4(6(8)13-2)14(9,10)11;;/h4H,3H2,1-2H3,(H,9,10,11);;. The third kappa shape index (κ3) is 6.10. The molecule has 0 radical (unpaired) electrons. The Bertz CT molecular complexity index is 322. The van der Waals surface area contributed by atoms with Gasteiger partial charge in [-0.3, -0.25) is 14.1 Å². The molecule has 9 heteroatoms. The van der Waals surface area contributed by atoms with E-state index in [9.17, 15) is 18.0 Å². The molecule has 0 aliphatic rings. The van der Waals surface area contributed by atoms with Crippen molar-refractivity contribution in [2.24, 2.45) is 0 Å². The Hall–Kier alpha value is -0.150. The fraction of sp³-hybridized carbons (Fsp3) is 0.667. The van der Waals surface area contributed by atoms with E-state index in [1.165, 1.54) is 0 Å². The van der Waals surface area contributed by atoms with E-state index in [0.717, 1.165) is 14.2 Å². The Morgan fingerprint density at radius 3 is 2.00 bits per heavy atom. The SMILES string of the molecule is COC(=O)CC(C(=O)OC)S(=O)(=O)O.[NaH]. The van der Waals surface area contributed by atoms with Crippen LogP contribution in [0.4, 0.5) is 0 Å². The normalized spacial score (nSPS) is 12.2. The van der Waals surface area contributed by atoms with Crippen molar-refractivity contribution >= 4 is 51.6 Å². The predicted octanol–water partition coefficient (Wildman–Crippen LogP) is -1.67. The minimum atomic E-state index is -4.66. The van der Waals surface area contributed by atoms with E-state index in [-0.39, 0.29) is 29.6 Å². The number of carbonyl (C=O) groups excluding carboxylic acids is 2. The summed E-state index contributed by atoms with van der Waals surface area (Å²) in [4.78, 5) is 21.5. The molecule has 0 aromatic heterocycles. The van der Waals surface area contributed by atoms with Crippen molar-refractivity contribution in [3.63, 3.8) is 0 Å². The molecule has 0 rings (SSSR count). The van der Waals surface area contributed by atoms with Crippen molar-refractivity contribution in [2.75, 3.05) is 14.2 Å². The van der Waals surface area contributed by atoms with Gasteiger partial charge in [0.1, 0.15) is 0 Å². The van der Waals surface area contributed by atoms with Gasteiger partial charge in [-0.2, -0.15) is 8.42 Å². The zero-order chi connectivity index (χ0) is 11.4. The molecule has 0 aromatic carbocycles. The van der Waals surface area contributed by atoms with E-state index in [2.05, 4.69) is 9.47 Å². The van der Waals surface area contributed by atoms with Crippen LogP contribution in [0.3, 0.4) is 0 Å². The summed E-state index contributed by atoms with van der Waals surface area (Å²) < 4.78 is 38.1. The van der Waals surface area contributed by atoms with Gasteiger partial charge < -0.3 is 9.47 Å². The van der Waals surface area contributed by atoms with Crippen LogP contribution >= 0.6 is 0 Å². The minimum absolute atomic E-state index is 0. The molecule has 0 aliphatic carbocycles. The number of rotatable bonds is 4.